The Kier molecular flexibility index (Phi) is 9.24. The molecule has 0 heterocycles. The lowest BCUT2D eigenvalue weighted by molar-refractivity contribution is -0.151. The first-order valence-electron chi connectivity index (χ1n) is 5.90. The predicted molar refractivity (Wildman–Crippen MR) is 62.4 cm³/mol. The molecule has 0 radical (unpaired) electrons. The number of hydrogen-bond donors (Lipinski definition) is 0. The van der Waals surface area contributed by atoms with Crippen LogP contribution in [-0.2, 0) is 19.0 Å². The molecule has 0 N–H and O–H groups in total. The van der Waals surface area contributed by atoms with E-state index in [1.54, 1.807) is 7.11 Å². The first kappa shape index (κ1) is 15.4. The maximum absolute atomic E-state index is 11.3. The first-order chi connectivity index (χ1) is 7.60. The summed E-state index contributed by atoms with van der Waals surface area (Å²) in [6.45, 7) is 6.75. The summed E-state index contributed by atoms with van der Waals surface area (Å²) in [6.07, 6.45) is 2.27. The van der Waals surface area contributed by atoms with Gasteiger partial charge in [-0.2, -0.15) is 0 Å². The van der Waals surface area contributed by atoms with Gasteiger partial charge < -0.3 is 14.2 Å². The van der Waals surface area contributed by atoms with Crippen molar-refractivity contribution in [2.45, 2.75) is 52.2 Å². The molecule has 0 fully saturated rings. The predicted octanol–water partition coefficient (Wildman–Crippen LogP) is 2.16. The Balaban J connectivity index is 3.50. The van der Waals surface area contributed by atoms with Crippen molar-refractivity contribution in [3.63, 3.8) is 0 Å². The summed E-state index contributed by atoms with van der Waals surface area (Å²) in [7, 11) is 1.64. The van der Waals surface area contributed by atoms with Crippen LogP contribution in [0.2, 0.25) is 0 Å². The average molecular weight is 232 g/mol. The minimum absolute atomic E-state index is 0.0722. The number of hydrogen-bond acceptors (Lipinski definition) is 4. The number of carbonyl (C=O) groups excluding carboxylic acids is 1. The van der Waals surface area contributed by atoms with Crippen LogP contribution in [0.5, 0.6) is 0 Å². The van der Waals surface area contributed by atoms with Gasteiger partial charge in [0.1, 0.15) is 6.10 Å². The van der Waals surface area contributed by atoms with Gasteiger partial charge in [0.25, 0.3) is 0 Å². The number of methoxy groups -OCH3 is 1. The summed E-state index contributed by atoms with van der Waals surface area (Å²) in [5, 5.41) is 0. The normalized spacial score (nSPS) is 14.5. The van der Waals surface area contributed by atoms with Crippen molar-refractivity contribution >= 4 is 5.97 Å². The van der Waals surface area contributed by atoms with E-state index in [0.717, 1.165) is 12.8 Å². The number of carbonyl (C=O) groups is 1. The second-order valence-corrected chi connectivity index (χ2v) is 3.99. The van der Waals surface area contributed by atoms with Gasteiger partial charge in [0.05, 0.1) is 19.3 Å². The van der Waals surface area contributed by atoms with Gasteiger partial charge in [-0.15, -0.1) is 0 Å². The zero-order valence-corrected chi connectivity index (χ0v) is 10.8. The summed E-state index contributed by atoms with van der Waals surface area (Å²) in [5.74, 6) is -0.141. The molecule has 0 saturated carbocycles. The summed E-state index contributed by atoms with van der Waals surface area (Å²) in [6, 6.07) is 0. The van der Waals surface area contributed by atoms with Gasteiger partial charge in [0.15, 0.2) is 0 Å². The average Bonchev–Trinajstić information content (AvgIpc) is 2.25. The first-order valence-corrected chi connectivity index (χ1v) is 5.90. The molecule has 2 atom stereocenters. The van der Waals surface area contributed by atoms with E-state index in [4.69, 9.17) is 14.2 Å². The van der Waals surface area contributed by atoms with Gasteiger partial charge in [-0.3, -0.25) is 4.79 Å². The molecule has 4 heteroatoms. The minimum atomic E-state index is -0.187. The maximum Gasteiger partial charge on any atom is 0.306 e. The van der Waals surface area contributed by atoms with E-state index in [9.17, 15) is 4.79 Å². The smallest absolute Gasteiger partial charge is 0.306 e. The quantitative estimate of drug-likeness (QED) is 0.571. The van der Waals surface area contributed by atoms with Crippen molar-refractivity contribution in [3.8, 4) is 0 Å². The van der Waals surface area contributed by atoms with E-state index in [1.807, 2.05) is 20.8 Å². The monoisotopic (exact) mass is 232 g/mol. The molecule has 4 nitrogen and oxygen atoms in total. The van der Waals surface area contributed by atoms with Crippen LogP contribution in [0.3, 0.4) is 0 Å². The van der Waals surface area contributed by atoms with Crippen molar-refractivity contribution in [1.29, 1.82) is 0 Å². The lowest BCUT2D eigenvalue weighted by Gasteiger charge is -2.15. The van der Waals surface area contributed by atoms with Crippen LogP contribution in [0.4, 0.5) is 0 Å². The standard InChI is InChI=1S/C12H24O4/c1-5-6-7-12(13)16-11(3)9-15-8-10(2)14-4/h10-11H,5-9H2,1-4H3. The van der Waals surface area contributed by atoms with Gasteiger partial charge in [0.2, 0.25) is 0 Å². The molecule has 0 saturated heterocycles. The van der Waals surface area contributed by atoms with Crippen LogP contribution in [0.15, 0.2) is 0 Å². The van der Waals surface area contributed by atoms with Crippen molar-refractivity contribution in [2.75, 3.05) is 20.3 Å². The Morgan fingerprint density at radius 3 is 2.38 bits per heavy atom. The molecular weight excluding hydrogens is 208 g/mol. The Morgan fingerprint density at radius 2 is 1.81 bits per heavy atom. The Hall–Kier alpha value is -0.610. The molecule has 16 heavy (non-hydrogen) atoms. The molecule has 0 amide bonds. The van der Waals surface area contributed by atoms with E-state index in [0.29, 0.717) is 19.6 Å². The van der Waals surface area contributed by atoms with Gasteiger partial charge in [-0.05, 0) is 20.3 Å². The van der Waals surface area contributed by atoms with Crippen LogP contribution in [0.25, 0.3) is 0 Å². The molecule has 0 aromatic heterocycles. The number of rotatable bonds is 9. The molecule has 0 aliphatic heterocycles. The Bertz CT molecular complexity index is 182. The molecular formula is C12H24O4. The number of esters is 1. The Labute approximate surface area is 98.3 Å². The fraction of sp³-hybridized carbons (Fsp3) is 0.917. The maximum atomic E-state index is 11.3. The highest BCUT2D eigenvalue weighted by molar-refractivity contribution is 5.69. The van der Waals surface area contributed by atoms with E-state index in [-0.39, 0.29) is 18.2 Å². The zero-order valence-electron chi connectivity index (χ0n) is 10.8. The van der Waals surface area contributed by atoms with Gasteiger partial charge in [-0.25, -0.2) is 0 Å². The lowest BCUT2D eigenvalue weighted by atomic mass is 10.2. The molecule has 2 unspecified atom stereocenters. The van der Waals surface area contributed by atoms with E-state index in [1.165, 1.54) is 0 Å². The molecule has 0 rings (SSSR count). The third kappa shape index (κ3) is 8.68. The van der Waals surface area contributed by atoms with Gasteiger partial charge >= 0.3 is 5.97 Å². The van der Waals surface area contributed by atoms with Crippen LogP contribution in [-0.4, -0.2) is 38.5 Å². The molecule has 0 aromatic rings. The fourth-order valence-electron chi connectivity index (χ4n) is 1.11. The van der Waals surface area contributed by atoms with Crippen molar-refractivity contribution in [3.05, 3.63) is 0 Å². The molecule has 0 aromatic carbocycles. The minimum Gasteiger partial charge on any atom is -0.460 e. The number of ether oxygens (including phenoxy) is 3. The van der Waals surface area contributed by atoms with Crippen LogP contribution in [0.1, 0.15) is 40.0 Å². The molecule has 96 valence electrons. The van der Waals surface area contributed by atoms with Crippen LogP contribution in [0, 0.1) is 0 Å². The second-order valence-electron chi connectivity index (χ2n) is 3.99. The fourth-order valence-corrected chi connectivity index (χ4v) is 1.11. The highest BCUT2D eigenvalue weighted by Gasteiger charge is 2.09. The molecule has 0 aliphatic rings. The van der Waals surface area contributed by atoms with Crippen molar-refractivity contribution < 1.29 is 19.0 Å². The Morgan fingerprint density at radius 1 is 1.19 bits per heavy atom. The SMILES string of the molecule is CCCCC(=O)OC(C)COCC(C)OC. The van der Waals surface area contributed by atoms with E-state index in [2.05, 4.69) is 0 Å². The molecule has 0 spiro atoms. The van der Waals surface area contributed by atoms with E-state index < -0.39 is 0 Å². The zero-order chi connectivity index (χ0) is 12.4. The largest absolute Gasteiger partial charge is 0.460 e. The van der Waals surface area contributed by atoms with E-state index >= 15 is 0 Å². The lowest BCUT2D eigenvalue weighted by Crippen LogP contribution is -2.23. The summed E-state index contributed by atoms with van der Waals surface area (Å²) in [5.41, 5.74) is 0. The highest BCUT2D eigenvalue weighted by Crippen LogP contribution is 2.01. The summed E-state index contributed by atoms with van der Waals surface area (Å²) < 4.78 is 15.5. The third-order valence-corrected chi connectivity index (χ3v) is 2.17. The van der Waals surface area contributed by atoms with Gasteiger partial charge in [-0.1, -0.05) is 13.3 Å². The van der Waals surface area contributed by atoms with Crippen molar-refractivity contribution in [1.82, 2.24) is 0 Å². The molecule has 0 aliphatic carbocycles. The highest BCUT2D eigenvalue weighted by atomic mass is 16.6. The van der Waals surface area contributed by atoms with Gasteiger partial charge in [0, 0.05) is 13.5 Å². The summed E-state index contributed by atoms with van der Waals surface area (Å²) >= 11 is 0. The molecule has 0 bridgehead atoms. The van der Waals surface area contributed by atoms with Crippen molar-refractivity contribution in [2.24, 2.45) is 0 Å². The van der Waals surface area contributed by atoms with Crippen LogP contribution < -0.4 is 0 Å². The second kappa shape index (κ2) is 9.60. The number of unbranched alkanes of at least 4 members (excludes halogenated alkanes) is 1. The summed E-state index contributed by atoms with van der Waals surface area (Å²) in [4.78, 5) is 11.3. The third-order valence-electron chi connectivity index (χ3n) is 2.17. The topological polar surface area (TPSA) is 44.8 Å². The van der Waals surface area contributed by atoms with Crippen LogP contribution >= 0.6 is 0 Å².